The molecule has 4 heteroatoms. The van der Waals surface area contributed by atoms with Crippen LogP contribution in [-0.4, -0.2) is 0 Å². The Labute approximate surface area is 111 Å². The molecule has 0 aliphatic heterocycles. The molecule has 0 saturated heterocycles. The van der Waals surface area contributed by atoms with Crippen LogP contribution in [0.15, 0.2) is 31.6 Å². The summed E-state index contributed by atoms with van der Waals surface area (Å²) >= 11 is 6.94. The van der Waals surface area contributed by atoms with Gasteiger partial charge in [0.15, 0.2) is 0 Å². The molecule has 0 amide bonds. The molecule has 0 radical (unpaired) electrons. The van der Waals surface area contributed by atoms with Crippen molar-refractivity contribution in [1.82, 2.24) is 0 Å². The number of fused-ring (bicyclic) bond motifs is 1. The van der Waals surface area contributed by atoms with Gasteiger partial charge in [0, 0.05) is 9.86 Å². The van der Waals surface area contributed by atoms with Crippen molar-refractivity contribution in [2.45, 2.75) is 19.9 Å². The molecular formula is C12H13Br2NO. The Kier molecular flexibility index (Phi) is 3.42. The van der Waals surface area contributed by atoms with Gasteiger partial charge in [-0.1, -0.05) is 29.8 Å². The summed E-state index contributed by atoms with van der Waals surface area (Å²) in [6, 6.07) is 5.95. The highest BCUT2D eigenvalue weighted by Crippen LogP contribution is 2.33. The summed E-state index contributed by atoms with van der Waals surface area (Å²) in [5, 5.41) is 1.06. The quantitative estimate of drug-likeness (QED) is 0.862. The van der Waals surface area contributed by atoms with Gasteiger partial charge in [-0.05, 0) is 40.0 Å². The number of furan rings is 1. The van der Waals surface area contributed by atoms with E-state index in [1.54, 1.807) is 0 Å². The van der Waals surface area contributed by atoms with Crippen LogP contribution in [0.3, 0.4) is 0 Å². The van der Waals surface area contributed by atoms with Crippen LogP contribution in [0.1, 0.15) is 25.6 Å². The first-order valence-corrected chi connectivity index (χ1v) is 6.71. The second-order valence-corrected chi connectivity index (χ2v) is 5.99. The van der Waals surface area contributed by atoms with Gasteiger partial charge in [-0.25, -0.2) is 0 Å². The standard InChI is InChI=1S/C12H13Br2NO/c1-6(2)11(15)10-4-7-3-8(13)5-9(14)12(7)16-10/h3-6,11H,15H2,1-2H3. The molecule has 0 spiro atoms. The summed E-state index contributed by atoms with van der Waals surface area (Å²) in [4.78, 5) is 0. The molecule has 0 aliphatic rings. The van der Waals surface area contributed by atoms with Crippen molar-refractivity contribution in [3.8, 4) is 0 Å². The van der Waals surface area contributed by atoms with E-state index in [2.05, 4.69) is 45.7 Å². The molecule has 2 N–H and O–H groups in total. The summed E-state index contributed by atoms with van der Waals surface area (Å²) in [6.45, 7) is 4.17. The lowest BCUT2D eigenvalue weighted by molar-refractivity contribution is 0.418. The van der Waals surface area contributed by atoms with Crippen LogP contribution in [-0.2, 0) is 0 Å². The minimum atomic E-state index is -0.0573. The fraction of sp³-hybridized carbons (Fsp3) is 0.333. The smallest absolute Gasteiger partial charge is 0.148 e. The zero-order chi connectivity index (χ0) is 11.9. The zero-order valence-corrected chi connectivity index (χ0v) is 12.3. The van der Waals surface area contributed by atoms with Gasteiger partial charge >= 0.3 is 0 Å². The van der Waals surface area contributed by atoms with Gasteiger partial charge in [-0.15, -0.1) is 0 Å². The molecule has 1 heterocycles. The normalized spacial score (nSPS) is 13.6. The van der Waals surface area contributed by atoms with E-state index in [1.807, 2.05) is 18.2 Å². The minimum Gasteiger partial charge on any atom is -0.458 e. The molecule has 1 unspecified atom stereocenters. The molecular weight excluding hydrogens is 334 g/mol. The van der Waals surface area contributed by atoms with Crippen molar-refractivity contribution in [2.75, 3.05) is 0 Å². The maximum absolute atomic E-state index is 6.07. The van der Waals surface area contributed by atoms with Gasteiger partial charge in [0.2, 0.25) is 0 Å². The lowest BCUT2D eigenvalue weighted by atomic mass is 10.0. The van der Waals surface area contributed by atoms with Crippen molar-refractivity contribution in [2.24, 2.45) is 11.7 Å². The average molecular weight is 347 g/mol. The molecule has 2 rings (SSSR count). The number of hydrogen-bond donors (Lipinski definition) is 1. The zero-order valence-electron chi connectivity index (χ0n) is 9.13. The van der Waals surface area contributed by atoms with Crippen LogP contribution in [0.5, 0.6) is 0 Å². The average Bonchev–Trinajstić information content (AvgIpc) is 2.60. The van der Waals surface area contributed by atoms with Crippen LogP contribution in [0.2, 0.25) is 0 Å². The van der Waals surface area contributed by atoms with E-state index in [0.29, 0.717) is 5.92 Å². The maximum Gasteiger partial charge on any atom is 0.148 e. The van der Waals surface area contributed by atoms with Gasteiger partial charge in [0.05, 0.1) is 10.5 Å². The van der Waals surface area contributed by atoms with Crippen molar-refractivity contribution in [3.63, 3.8) is 0 Å². The Morgan fingerprint density at radius 2 is 1.88 bits per heavy atom. The van der Waals surface area contributed by atoms with Gasteiger partial charge in [-0.2, -0.15) is 0 Å². The predicted octanol–water partition coefficient (Wildman–Crippen LogP) is 4.61. The number of nitrogens with two attached hydrogens (primary N) is 1. The fourth-order valence-electron chi connectivity index (χ4n) is 1.59. The third-order valence-corrected chi connectivity index (χ3v) is 3.65. The maximum atomic E-state index is 6.07. The largest absolute Gasteiger partial charge is 0.458 e. The molecule has 1 aromatic heterocycles. The summed E-state index contributed by atoms with van der Waals surface area (Å²) in [7, 11) is 0. The van der Waals surface area contributed by atoms with Crippen molar-refractivity contribution < 1.29 is 4.42 Å². The molecule has 0 aliphatic carbocycles. The molecule has 2 aromatic rings. The van der Waals surface area contributed by atoms with E-state index in [-0.39, 0.29) is 6.04 Å². The van der Waals surface area contributed by atoms with E-state index in [0.717, 1.165) is 25.7 Å². The highest BCUT2D eigenvalue weighted by molar-refractivity contribution is 9.11. The Morgan fingerprint density at radius 1 is 1.19 bits per heavy atom. The monoisotopic (exact) mass is 345 g/mol. The molecule has 0 bridgehead atoms. The Morgan fingerprint density at radius 3 is 2.50 bits per heavy atom. The minimum absolute atomic E-state index is 0.0573. The highest BCUT2D eigenvalue weighted by atomic mass is 79.9. The van der Waals surface area contributed by atoms with Gasteiger partial charge in [0.25, 0.3) is 0 Å². The first kappa shape index (κ1) is 12.1. The molecule has 1 aromatic carbocycles. The van der Waals surface area contributed by atoms with E-state index in [1.165, 1.54) is 0 Å². The lowest BCUT2D eigenvalue weighted by Crippen LogP contribution is -2.15. The second-order valence-electron chi connectivity index (χ2n) is 4.22. The number of halogens is 2. The molecule has 86 valence electrons. The van der Waals surface area contributed by atoms with Crippen LogP contribution >= 0.6 is 31.9 Å². The van der Waals surface area contributed by atoms with Crippen LogP contribution < -0.4 is 5.73 Å². The molecule has 0 saturated carbocycles. The van der Waals surface area contributed by atoms with Gasteiger partial charge < -0.3 is 10.2 Å². The first-order valence-electron chi connectivity index (χ1n) is 5.13. The Hall–Kier alpha value is -0.320. The topological polar surface area (TPSA) is 39.2 Å². The summed E-state index contributed by atoms with van der Waals surface area (Å²) < 4.78 is 7.75. The fourth-order valence-corrected chi connectivity index (χ4v) is 2.93. The van der Waals surface area contributed by atoms with Crippen LogP contribution in [0.25, 0.3) is 11.0 Å². The van der Waals surface area contributed by atoms with Gasteiger partial charge in [0.1, 0.15) is 11.3 Å². The molecule has 0 fully saturated rings. The Bertz CT molecular complexity index is 519. The predicted molar refractivity (Wildman–Crippen MR) is 73.4 cm³/mol. The van der Waals surface area contributed by atoms with Crippen LogP contribution in [0, 0.1) is 5.92 Å². The van der Waals surface area contributed by atoms with E-state index >= 15 is 0 Å². The van der Waals surface area contributed by atoms with Crippen molar-refractivity contribution in [3.05, 3.63) is 32.9 Å². The summed E-state index contributed by atoms with van der Waals surface area (Å²) in [6.07, 6.45) is 0. The van der Waals surface area contributed by atoms with E-state index in [4.69, 9.17) is 10.2 Å². The number of benzene rings is 1. The molecule has 16 heavy (non-hydrogen) atoms. The summed E-state index contributed by atoms with van der Waals surface area (Å²) in [5.41, 5.74) is 6.92. The highest BCUT2D eigenvalue weighted by Gasteiger charge is 2.16. The second kappa shape index (κ2) is 4.51. The summed E-state index contributed by atoms with van der Waals surface area (Å²) in [5.74, 6) is 1.20. The first-order chi connectivity index (χ1) is 7.49. The van der Waals surface area contributed by atoms with E-state index < -0.39 is 0 Å². The SMILES string of the molecule is CC(C)C(N)c1cc2cc(Br)cc(Br)c2o1. The lowest BCUT2D eigenvalue weighted by Gasteiger charge is -2.11. The molecule has 1 atom stereocenters. The number of rotatable bonds is 2. The third kappa shape index (κ3) is 2.19. The van der Waals surface area contributed by atoms with Crippen molar-refractivity contribution >= 4 is 42.8 Å². The Balaban J connectivity index is 2.56. The van der Waals surface area contributed by atoms with E-state index in [9.17, 15) is 0 Å². The molecule has 2 nitrogen and oxygen atoms in total. The number of hydrogen-bond acceptors (Lipinski definition) is 2. The third-order valence-electron chi connectivity index (χ3n) is 2.60. The van der Waals surface area contributed by atoms with Gasteiger partial charge in [-0.3, -0.25) is 0 Å². The van der Waals surface area contributed by atoms with Crippen molar-refractivity contribution in [1.29, 1.82) is 0 Å². The van der Waals surface area contributed by atoms with Crippen LogP contribution in [0.4, 0.5) is 0 Å².